The zero-order valence-corrected chi connectivity index (χ0v) is 19.0. The number of alkyl halides is 1. The van der Waals surface area contributed by atoms with Gasteiger partial charge in [0.25, 0.3) is 5.56 Å². The summed E-state index contributed by atoms with van der Waals surface area (Å²) in [5.74, 6) is -1.34. The molecule has 0 unspecified atom stereocenters. The lowest BCUT2D eigenvalue weighted by atomic mass is 10.1. The molecule has 1 saturated carbocycles. The van der Waals surface area contributed by atoms with Gasteiger partial charge in [-0.25, -0.2) is 18.4 Å². The monoisotopic (exact) mass is 466 g/mol. The van der Waals surface area contributed by atoms with E-state index in [0.29, 0.717) is 0 Å². The topological polar surface area (TPSA) is 106 Å². The van der Waals surface area contributed by atoms with Crippen LogP contribution in [0.25, 0.3) is 10.9 Å². The van der Waals surface area contributed by atoms with Gasteiger partial charge < -0.3 is 19.7 Å². The molecule has 11 heteroatoms. The van der Waals surface area contributed by atoms with Gasteiger partial charge in [0.15, 0.2) is 11.6 Å². The van der Waals surface area contributed by atoms with Crippen molar-refractivity contribution in [2.24, 2.45) is 5.92 Å². The number of carbonyl (C=O) groups excluding carboxylic acids is 1. The largest absolute Gasteiger partial charge is 0.492 e. The Hall–Kier alpha value is -3.11. The first-order valence-corrected chi connectivity index (χ1v) is 10.9. The van der Waals surface area contributed by atoms with Gasteiger partial charge in [-0.05, 0) is 39.7 Å². The lowest BCUT2D eigenvalue weighted by Gasteiger charge is -2.24. The van der Waals surface area contributed by atoms with E-state index in [1.54, 1.807) is 20.8 Å². The standard InChI is InChI=1S/C22H28F2N4O5/c1-22(2,3)33-21(31)25-8-11-9-27(10-15(11)24)17-14(23)7-13-16(18(17)32-4)28(12-5-6-12)20(30)26-19(13)29/h7,11-12,15H,5-6,8-10H2,1-4H3,(H,25,31)(H,26,29,30)/t11-,15-/m0/s1. The van der Waals surface area contributed by atoms with Gasteiger partial charge in [-0.15, -0.1) is 0 Å². The summed E-state index contributed by atoms with van der Waals surface area (Å²) < 4.78 is 42.2. The Morgan fingerprint density at radius 3 is 2.58 bits per heavy atom. The first-order chi connectivity index (χ1) is 15.5. The molecule has 0 radical (unpaired) electrons. The number of ether oxygens (including phenoxy) is 2. The van der Waals surface area contributed by atoms with E-state index in [2.05, 4.69) is 10.3 Å². The second-order valence-electron chi connectivity index (χ2n) is 9.56. The molecule has 0 bridgehead atoms. The summed E-state index contributed by atoms with van der Waals surface area (Å²) in [5.41, 5.74) is -1.78. The molecule has 1 aliphatic carbocycles. The molecule has 9 nitrogen and oxygen atoms in total. The number of fused-ring (bicyclic) bond motifs is 1. The van der Waals surface area contributed by atoms with Crippen LogP contribution >= 0.6 is 0 Å². The summed E-state index contributed by atoms with van der Waals surface area (Å²) in [4.78, 5) is 40.5. The van der Waals surface area contributed by atoms with Gasteiger partial charge >= 0.3 is 11.8 Å². The van der Waals surface area contributed by atoms with Crippen LogP contribution in [-0.2, 0) is 4.74 Å². The number of hydrogen-bond donors (Lipinski definition) is 2. The highest BCUT2D eigenvalue weighted by atomic mass is 19.1. The molecule has 2 aliphatic rings. The number of benzene rings is 1. The van der Waals surface area contributed by atoms with Crippen LogP contribution in [0, 0.1) is 11.7 Å². The van der Waals surface area contributed by atoms with Crippen molar-refractivity contribution in [2.45, 2.75) is 51.4 Å². The molecule has 2 atom stereocenters. The highest BCUT2D eigenvalue weighted by Gasteiger charge is 2.38. The molecule has 2 aromatic rings. The molecule has 4 rings (SSSR count). The van der Waals surface area contributed by atoms with E-state index in [1.807, 2.05) is 0 Å². The van der Waals surface area contributed by atoms with Crippen molar-refractivity contribution in [3.63, 3.8) is 0 Å². The van der Waals surface area contributed by atoms with Gasteiger partial charge in [0.1, 0.15) is 23.0 Å². The number of halogens is 2. The molecule has 2 N–H and O–H groups in total. The minimum Gasteiger partial charge on any atom is -0.492 e. The maximum absolute atomic E-state index is 15.2. The number of hydrogen-bond acceptors (Lipinski definition) is 6. The number of methoxy groups -OCH3 is 1. The van der Waals surface area contributed by atoms with Gasteiger partial charge in [-0.1, -0.05) is 0 Å². The van der Waals surface area contributed by atoms with Crippen LogP contribution in [0.3, 0.4) is 0 Å². The van der Waals surface area contributed by atoms with Crippen LogP contribution in [-0.4, -0.2) is 54.2 Å². The van der Waals surface area contributed by atoms with Crippen molar-refractivity contribution >= 4 is 22.7 Å². The Morgan fingerprint density at radius 1 is 1.27 bits per heavy atom. The number of anilines is 1. The fraction of sp³-hybridized carbons (Fsp3) is 0.591. The number of aromatic amines is 1. The summed E-state index contributed by atoms with van der Waals surface area (Å²) in [6, 6.07) is 0.950. The lowest BCUT2D eigenvalue weighted by Crippen LogP contribution is -2.37. The van der Waals surface area contributed by atoms with Crippen molar-refractivity contribution < 1.29 is 23.0 Å². The zero-order valence-electron chi connectivity index (χ0n) is 19.0. The summed E-state index contributed by atoms with van der Waals surface area (Å²) in [6.45, 7) is 5.16. The Kier molecular flexibility index (Phi) is 5.83. The van der Waals surface area contributed by atoms with E-state index < -0.39 is 40.9 Å². The lowest BCUT2D eigenvalue weighted by molar-refractivity contribution is 0.0515. The van der Waals surface area contributed by atoms with Crippen LogP contribution < -0.4 is 26.2 Å². The fourth-order valence-electron chi connectivity index (χ4n) is 4.25. The number of alkyl carbamates (subject to hydrolysis) is 1. The van der Waals surface area contributed by atoms with Crippen LogP contribution in [0.4, 0.5) is 19.3 Å². The number of H-pyrrole nitrogens is 1. The van der Waals surface area contributed by atoms with Gasteiger partial charge in [0, 0.05) is 31.6 Å². The molecule has 1 amide bonds. The Morgan fingerprint density at radius 2 is 1.97 bits per heavy atom. The quantitative estimate of drug-likeness (QED) is 0.702. The maximum atomic E-state index is 15.2. The van der Waals surface area contributed by atoms with Gasteiger partial charge in [-0.2, -0.15) is 0 Å². The second-order valence-corrected chi connectivity index (χ2v) is 9.56. The number of amides is 1. The van der Waals surface area contributed by atoms with Crippen LogP contribution in [0.15, 0.2) is 15.7 Å². The number of aromatic nitrogens is 2. The van der Waals surface area contributed by atoms with E-state index in [0.717, 1.165) is 18.9 Å². The average molecular weight is 466 g/mol. The maximum Gasteiger partial charge on any atom is 0.407 e. The first kappa shape index (κ1) is 23.1. The van der Waals surface area contributed by atoms with Crippen LogP contribution in [0.1, 0.15) is 39.7 Å². The third-order valence-electron chi connectivity index (χ3n) is 5.81. The Bertz CT molecular complexity index is 1200. The average Bonchev–Trinajstić information content (AvgIpc) is 3.47. The Balaban J connectivity index is 1.67. The van der Waals surface area contributed by atoms with E-state index in [1.165, 1.54) is 16.6 Å². The summed E-state index contributed by atoms with van der Waals surface area (Å²) in [6.07, 6.45) is -0.489. The highest BCUT2D eigenvalue weighted by molar-refractivity contribution is 5.91. The number of carbonyl (C=O) groups is 1. The zero-order chi connectivity index (χ0) is 24.1. The second kappa shape index (κ2) is 8.35. The number of nitrogens with one attached hydrogen (secondary N) is 2. The molecule has 180 valence electrons. The molecular formula is C22H28F2N4O5. The minimum absolute atomic E-state index is 0.00117. The summed E-state index contributed by atoms with van der Waals surface area (Å²) >= 11 is 0. The molecule has 1 aromatic heterocycles. The van der Waals surface area contributed by atoms with Crippen LogP contribution in [0.5, 0.6) is 5.75 Å². The minimum atomic E-state index is -1.34. The molecule has 1 aliphatic heterocycles. The van der Waals surface area contributed by atoms with E-state index in [-0.39, 0.29) is 48.0 Å². The molecule has 33 heavy (non-hydrogen) atoms. The SMILES string of the molecule is COc1c(N2C[C@H](CNC(=O)OC(C)(C)C)[C@@H](F)C2)c(F)cc2c(=O)[nH]c(=O)n(C3CC3)c12. The first-order valence-electron chi connectivity index (χ1n) is 10.9. The molecular weight excluding hydrogens is 438 g/mol. The van der Waals surface area contributed by atoms with E-state index >= 15 is 4.39 Å². The third kappa shape index (κ3) is 4.53. The fourth-order valence-corrected chi connectivity index (χ4v) is 4.25. The van der Waals surface area contributed by atoms with Gasteiger partial charge in [0.05, 0.1) is 12.5 Å². The molecule has 2 fully saturated rings. The predicted octanol–water partition coefficient (Wildman–Crippen LogP) is 2.47. The normalized spacial score (nSPS) is 20.8. The van der Waals surface area contributed by atoms with Crippen molar-refractivity contribution in [3.8, 4) is 5.75 Å². The van der Waals surface area contributed by atoms with Crippen molar-refractivity contribution in [1.29, 1.82) is 0 Å². The van der Waals surface area contributed by atoms with Crippen molar-refractivity contribution in [2.75, 3.05) is 31.6 Å². The molecule has 0 spiro atoms. The predicted molar refractivity (Wildman–Crippen MR) is 118 cm³/mol. The third-order valence-corrected chi connectivity index (χ3v) is 5.81. The van der Waals surface area contributed by atoms with Gasteiger partial charge in [0.2, 0.25) is 0 Å². The smallest absolute Gasteiger partial charge is 0.407 e. The van der Waals surface area contributed by atoms with Gasteiger partial charge in [-0.3, -0.25) is 14.3 Å². The Labute approximate surface area is 188 Å². The highest BCUT2D eigenvalue weighted by Crippen LogP contribution is 2.43. The molecule has 2 heterocycles. The van der Waals surface area contributed by atoms with E-state index in [4.69, 9.17) is 9.47 Å². The van der Waals surface area contributed by atoms with Crippen molar-refractivity contribution in [3.05, 3.63) is 32.7 Å². The summed E-state index contributed by atoms with van der Waals surface area (Å²) in [7, 11) is 1.32. The molecule has 1 saturated heterocycles. The molecule has 1 aromatic carbocycles. The summed E-state index contributed by atoms with van der Waals surface area (Å²) in [5, 5.41) is 2.56. The van der Waals surface area contributed by atoms with E-state index in [9.17, 15) is 18.8 Å². The van der Waals surface area contributed by atoms with Crippen molar-refractivity contribution in [1.82, 2.24) is 14.9 Å². The number of nitrogens with zero attached hydrogens (tertiary/aromatic N) is 2. The van der Waals surface area contributed by atoms with Crippen LogP contribution in [0.2, 0.25) is 0 Å². The number of rotatable bonds is 5.